The Balaban J connectivity index is 1.70. The maximum atomic E-state index is 13.0. The molecule has 0 spiro atoms. The lowest BCUT2D eigenvalue weighted by Gasteiger charge is -2.22. The molecule has 6 nitrogen and oxygen atoms in total. The zero-order chi connectivity index (χ0) is 19.7. The molecule has 0 radical (unpaired) electrons. The third-order valence-corrected chi connectivity index (χ3v) is 6.57. The van der Waals surface area contributed by atoms with Crippen LogP contribution in [0.4, 0.5) is 0 Å². The van der Waals surface area contributed by atoms with Gasteiger partial charge in [0.15, 0.2) is 0 Å². The predicted molar refractivity (Wildman–Crippen MR) is 111 cm³/mol. The summed E-state index contributed by atoms with van der Waals surface area (Å²) in [6, 6.07) is 11.2. The van der Waals surface area contributed by atoms with E-state index in [4.69, 9.17) is 0 Å². The van der Waals surface area contributed by atoms with Crippen molar-refractivity contribution in [2.45, 2.75) is 44.7 Å². The van der Waals surface area contributed by atoms with Crippen molar-refractivity contribution in [1.82, 2.24) is 14.5 Å². The second-order valence-electron chi connectivity index (χ2n) is 7.36. The van der Waals surface area contributed by atoms with Crippen LogP contribution < -0.4 is 16.6 Å². The van der Waals surface area contributed by atoms with Gasteiger partial charge in [-0.1, -0.05) is 49.6 Å². The first-order chi connectivity index (χ1) is 13.5. The molecule has 0 saturated heterocycles. The number of nitrogens with zero attached hydrogens (tertiary/aromatic N) is 2. The second kappa shape index (κ2) is 7.75. The molecule has 0 bridgehead atoms. The number of fused-ring (bicyclic) bond motifs is 1. The zero-order valence-electron chi connectivity index (χ0n) is 15.8. The van der Waals surface area contributed by atoms with Gasteiger partial charge in [-0.2, -0.15) is 0 Å². The summed E-state index contributed by atoms with van der Waals surface area (Å²) >= 11 is 1.20. The van der Waals surface area contributed by atoms with E-state index in [1.807, 2.05) is 30.3 Å². The van der Waals surface area contributed by atoms with E-state index >= 15 is 0 Å². The molecule has 1 aromatic carbocycles. The molecular weight excluding hydrogens is 374 g/mol. The van der Waals surface area contributed by atoms with Gasteiger partial charge in [0.2, 0.25) is 0 Å². The number of aromatic nitrogens is 2. The van der Waals surface area contributed by atoms with Gasteiger partial charge < -0.3 is 5.32 Å². The third-order valence-electron chi connectivity index (χ3n) is 5.36. The van der Waals surface area contributed by atoms with Gasteiger partial charge in [-0.3, -0.25) is 18.7 Å². The van der Waals surface area contributed by atoms with E-state index in [1.54, 1.807) is 13.1 Å². The summed E-state index contributed by atoms with van der Waals surface area (Å²) in [6.07, 6.45) is 5.49. The zero-order valence-corrected chi connectivity index (χ0v) is 16.6. The Hall–Kier alpha value is -2.67. The van der Waals surface area contributed by atoms with Crippen LogP contribution in [0.15, 0.2) is 46.0 Å². The van der Waals surface area contributed by atoms with Crippen LogP contribution in [0.1, 0.15) is 47.3 Å². The summed E-state index contributed by atoms with van der Waals surface area (Å²) in [5, 5.41) is 3.49. The molecule has 2 heterocycles. The highest BCUT2D eigenvalue weighted by Crippen LogP contribution is 2.23. The lowest BCUT2D eigenvalue weighted by atomic mass is 9.95. The summed E-state index contributed by atoms with van der Waals surface area (Å²) < 4.78 is 2.69. The SMILES string of the molecule is Cn1c(=O)n(Cc2ccccc2)c(=O)c2cc(C(=O)NC3CCCCC3)sc21. The highest BCUT2D eigenvalue weighted by Gasteiger charge is 2.21. The van der Waals surface area contributed by atoms with Crippen LogP contribution >= 0.6 is 11.3 Å². The van der Waals surface area contributed by atoms with E-state index in [0.29, 0.717) is 15.1 Å². The Bertz CT molecular complexity index is 1120. The van der Waals surface area contributed by atoms with Crippen LogP contribution in [0.25, 0.3) is 10.2 Å². The molecule has 1 aliphatic rings. The molecule has 0 atom stereocenters. The lowest BCUT2D eigenvalue weighted by molar-refractivity contribution is 0.0932. The minimum atomic E-state index is -0.373. The fourth-order valence-electron chi connectivity index (χ4n) is 3.80. The Labute approximate surface area is 166 Å². The largest absolute Gasteiger partial charge is 0.349 e. The van der Waals surface area contributed by atoms with E-state index in [0.717, 1.165) is 31.2 Å². The van der Waals surface area contributed by atoms with Gasteiger partial charge in [0.1, 0.15) is 4.83 Å². The Morgan fingerprint density at radius 1 is 1.14 bits per heavy atom. The number of benzene rings is 1. The quantitative estimate of drug-likeness (QED) is 0.736. The van der Waals surface area contributed by atoms with Crippen molar-refractivity contribution in [3.63, 3.8) is 0 Å². The topological polar surface area (TPSA) is 73.1 Å². The van der Waals surface area contributed by atoms with Gasteiger partial charge in [0, 0.05) is 13.1 Å². The Morgan fingerprint density at radius 2 is 1.86 bits per heavy atom. The van der Waals surface area contributed by atoms with Crippen LogP contribution in [-0.4, -0.2) is 21.1 Å². The maximum absolute atomic E-state index is 13.0. The van der Waals surface area contributed by atoms with Gasteiger partial charge in [0.25, 0.3) is 11.5 Å². The van der Waals surface area contributed by atoms with Crippen molar-refractivity contribution in [3.05, 3.63) is 67.7 Å². The minimum absolute atomic E-state index is 0.158. The molecule has 7 heteroatoms. The van der Waals surface area contributed by atoms with E-state index in [-0.39, 0.29) is 29.7 Å². The number of nitrogens with one attached hydrogen (secondary N) is 1. The molecule has 1 saturated carbocycles. The Kier molecular flexibility index (Phi) is 5.17. The molecule has 0 aliphatic heterocycles. The van der Waals surface area contributed by atoms with E-state index in [1.165, 1.54) is 26.9 Å². The number of carbonyl (C=O) groups is 1. The summed E-state index contributed by atoms with van der Waals surface area (Å²) in [4.78, 5) is 39.4. The molecule has 1 aliphatic carbocycles. The molecule has 28 heavy (non-hydrogen) atoms. The number of aryl methyl sites for hydroxylation is 1. The Morgan fingerprint density at radius 3 is 2.57 bits per heavy atom. The van der Waals surface area contributed by atoms with Crippen LogP contribution in [0.2, 0.25) is 0 Å². The maximum Gasteiger partial charge on any atom is 0.332 e. The van der Waals surface area contributed by atoms with Crippen LogP contribution in [0.3, 0.4) is 0 Å². The minimum Gasteiger partial charge on any atom is -0.349 e. The number of rotatable bonds is 4. The van der Waals surface area contributed by atoms with Crippen molar-refractivity contribution in [2.24, 2.45) is 7.05 Å². The fourth-order valence-corrected chi connectivity index (χ4v) is 4.81. The smallest absolute Gasteiger partial charge is 0.332 e. The predicted octanol–water partition coefficient (Wildman–Crippen LogP) is 2.87. The normalized spacial score (nSPS) is 15.0. The molecule has 1 amide bonds. The first-order valence-electron chi connectivity index (χ1n) is 9.63. The molecule has 0 unspecified atom stereocenters. The van der Waals surface area contributed by atoms with Gasteiger partial charge in [-0.25, -0.2) is 4.79 Å². The van der Waals surface area contributed by atoms with Crippen LogP contribution in [0, 0.1) is 0 Å². The molecule has 146 valence electrons. The molecule has 2 aromatic heterocycles. The first kappa shape index (κ1) is 18.7. The third kappa shape index (κ3) is 3.54. The lowest BCUT2D eigenvalue weighted by Crippen LogP contribution is -2.38. The van der Waals surface area contributed by atoms with E-state index in [2.05, 4.69) is 5.32 Å². The number of carbonyl (C=O) groups excluding carboxylic acids is 1. The highest BCUT2D eigenvalue weighted by molar-refractivity contribution is 7.20. The molecule has 1 fully saturated rings. The fraction of sp³-hybridized carbons (Fsp3) is 0.381. The van der Waals surface area contributed by atoms with Gasteiger partial charge >= 0.3 is 5.69 Å². The van der Waals surface area contributed by atoms with E-state index < -0.39 is 0 Å². The van der Waals surface area contributed by atoms with E-state index in [9.17, 15) is 14.4 Å². The van der Waals surface area contributed by atoms with Crippen molar-refractivity contribution >= 4 is 27.5 Å². The standard InChI is InChI=1S/C21H23N3O3S/c1-23-20-16(12-17(28-20)18(25)22-15-10-6-3-7-11-15)19(26)24(21(23)27)13-14-8-4-2-5-9-14/h2,4-5,8-9,12,15H,3,6-7,10-11,13H2,1H3,(H,22,25). The molecule has 1 N–H and O–H groups in total. The van der Waals surface area contributed by atoms with Crippen LogP contribution in [-0.2, 0) is 13.6 Å². The summed E-state index contributed by atoms with van der Waals surface area (Å²) in [5.74, 6) is -0.158. The summed E-state index contributed by atoms with van der Waals surface area (Å²) in [6.45, 7) is 0.210. The number of thiophene rings is 1. The number of hydrogen-bond acceptors (Lipinski definition) is 4. The summed E-state index contributed by atoms with van der Waals surface area (Å²) in [5.41, 5.74) is 0.156. The number of amides is 1. The monoisotopic (exact) mass is 397 g/mol. The molecular formula is C21H23N3O3S. The molecule has 4 rings (SSSR count). The van der Waals surface area contributed by atoms with Gasteiger partial charge in [0.05, 0.1) is 16.8 Å². The van der Waals surface area contributed by atoms with Crippen LogP contribution in [0.5, 0.6) is 0 Å². The van der Waals surface area contributed by atoms with Crippen molar-refractivity contribution in [3.8, 4) is 0 Å². The van der Waals surface area contributed by atoms with Gasteiger partial charge in [-0.05, 0) is 24.5 Å². The van der Waals surface area contributed by atoms with Crippen molar-refractivity contribution in [2.75, 3.05) is 0 Å². The second-order valence-corrected chi connectivity index (χ2v) is 8.39. The van der Waals surface area contributed by atoms with Crippen molar-refractivity contribution in [1.29, 1.82) is 0 Å². The average Bonchev–Trinajstić information content (AvgIpc) is 3.17. The summed E-state index contributed by atoms with van der Waals surface area (Å²) in [7, 11) is 1.64. The van der Waals surface area contributed by atoms with Crippen molar-refractivity contribution < 1.29 is 4.79 Å². The average molecular weight is 398 g/mol. The van der Waals surface area contributed by atoms with Gasteiger partial charge in [-0.15, -0.1) is 11.3 Å². The number of hydrogen-bond donors (Lipinski definition) is 1. The molecule has 3 aromatic rings. The first-order valence-corrected chi connectivity index (χ1v) is 10.4. The highest BCUT2D eigenvalue weighted by atomic mass is 32.1.